The molecule has 0 saturated heterocycles. The molecule has 0 spiro atoms. The van der Waals surface area contributed by atoms with E-state index in [1.807, 2.05) is 208 Å². The van der Waals surface area contributed by atoms with E-state index in [0.717, 1.165) is 72.0 Å². The largest absolute Gasteiger partial charge is 0.291 e. The van der Waals surface area contributed by atoms with E-state index >= 15 is 0 Å². The molecule has 0 fully saturated rings. The maximum Gasteiger partial charge on any atom is 0.146 e. The van der Waals surface area contributed by atoms with Crippen molar-refractivity contribution in [1.82, 2.24) is 28.2 Å². The normalized spacial score (nSPS) is 11.2. The molecule has 21 aromatic rings. The maximum absolute atomic E-state index is 5.22. The lowest BCUT2D eigenvalue weighted by Gasteiger charge is -2.16. The van der Waals surface area contributed by atoms with E-state index in [4.69, 9.17) is 15.0 Å². The van der Waals surface area contributed by atoms with Crippen LogP contribution in [0.25, 0.3) is 182 Å². The Morgan fingerprint density at radius 3 is 0.815 bits per heavy atom. The fraction of sp³-hybridized carbons (Fsp3) is 0.279. The summed E-state index contributed by atoms with van der Waals surface area (Å²) in [6.07, 6.45) is 5.90. The Kier molecular flexibility index (Phi) is 37.7. The molecule has 696 valence electrons. The number of nitrogens with zero attached hydrogens (tertiary/aromatic N) is 6. The predicted molar refractivity (Wildman–Crippen MR) is 603 cm³/mol. The second-order valence-electron chi connectivity index (χ2n) is 29.8. The van der Waals surface area contributed by atoms with Gasteiger partial charge in [-0.15, -0.1) is 0 Å². The summed E-state index contributed by atoms with van der Waals surface area (Å²) in [5.41, 5.74) is 47.2. The molecule has 0 radical (unpaired) electrons. The first kappa shape index (κ1) is 104. The number of hydrogen-bond acceptors (Lipinski definition) is 3. The summed E-state index contributed by atoms with van der Waals surface area (Å²) < 4.78 is 7.30. The van der Waals surface area contributed by atoms with Gasteiger partial charge >= 0.3 is 0 Å². The molecule has 0 aliphatic heterocycles. The fourth-order valence-corrected chi connectivity index (χ4v) is 20.2. The summed E-state index contributed by atoms with van der Waals surface area (Å²) in [6.45, 7) is 60.0. The molecule has 6 aromatic heterocycles. The number of imidazole rings is 3. The van der Waals surface area contributed by atoms with E-state index in [9.17, 15) is 0 Å². The molecule has 27 rings (SSSR count). The maximum atomic E-state index is 5.22. The van der Waals surface area contributed by atoms with Gasteiger partial charge in [-0.05, 0) is 231 Å². The SMILES string of the molecule is CC.CC.CC.CC.CC.CC.CC.CC.CC.CC.CC.CC.CC.CC.CC.c1ccc2c(c1)Cc1c-2ccc2c1c1ccc3c(c1n1c4ccccc4nc21)-c1ccccc1C3.c1ccc2c(c1)Cc1c-2ccc2c1c1ccc3c(c1n1c4ccccc4nc21)Cc1ccccc1-3.c1ccc2c(c1)Cc1cc3c(cc1-2)c1nc2ccccc2n1c1c2c(ccc31)Cc1ccccc1-2. The first-order valence-corrected chi connectivity index (χ1v) is 52.0. The number of hydrogen-bond donors (Lipinski definition) is 0. The molecule has 6 heterocycles. The number of aromatic nitrogens is 6. The molecule has 6 aliphatic carbocycles. The van der Waals surface area contributed by atoms with Crippen LogP contribution in [0.4, 0.5) is 0 Å². The van der Waals surface area contributed by atoms with Crippen molar-refractivity contribution in [2.75, 3.05) is 0 Å². The number of fused-ring (bicyclic) bond motifs is 47. The minimum Gasteiger partial charge on any atom is -0.291 e. The molecule has 6 heteroatoms. The van der Waals surface area contributed by atoms with Crippen molar-refractivity contribution in [3.8, 4) is 66.8 Å². The van der Waals surface area contributed by atoms with Crippen LogP contribution < -0.4 is 0 Å². The van der Waals surface area contributed by atoms with Gasteiger partial charge in [0.1, 0.15) is 16.9 Å². The van der Waals surface area contributed by atoms with Crippen LogP contribution in [0, 0.1) is 0 Å². The van der Waals surface area contributed by atoms with Gasteiger partial charge in [0, 0.05) is 49.9 Å². The molecule has 0 atom stereocenters. The molecule has 15 aromatic carbocycles. The zero-order valence-corrected chi connectivity index (χ0v) is 87.1. The zero-order valence-electron chi connectivity index (χ0n) is 87.1. The Morgan fingerprint density at radius 2 is 0.430 bits per heavy atom. The standard InChI is InChI=1S/3C33H20N2.15C2H6/c1-3-9-22-20(8-1)18-27-24(22)15-16-26-31(27)25-14-13-21-17-19-7-2-4-10-23(19)30(21)32(25)35-29-12-6-5-11-28(29)34-33(26)35;1-3-9-21-19(7-1)17-27-23(21)14-16-26-31(27)25-15-13-24-22-10-4-2-8-20(22)18-28(24)32(25)35-30-12-6-5-11-29(30)34-33(26)35;1-3-9-23-19(7-1)16-22-17-27-25-14-13-21-15-20-8-2-4-10-24(20)31(21)32(25)35-30-12-6-5-11-29(30)34-33(35)28(27)18-26(22)23;15*1-2/h2*1-16H,17-18H2;1-14,17-18H,15-16H2;15*1-2H3. The van der Waals surface area contributed by atoms with Crippen molar-refractivity contribution in [1.29, 1.82) is 0 Å². The highest BCUT2D eigenvalue weighted by molar-refractivity contribution is 6.23. The van der Waals surface area contributed by atoms with Gasteiger partial charge in [0.25, 0.3) is 0 Å². The van der Waals surface area contributed by atoms with Crippen molar-refractivity contribution < 1.29 is 0 Å². The first-order valence-electron chi connectivity index (χ1n) is 52.0. The fourth-order valence-electron chi connectivity index (χ4n) is 20.2. The Labute approximate surface area is 808 Å². The van der Waals surface area contributed by atoms with Crippen LogP contribution in [0.3, 0.4) is 0 Å². The number of pyridine rings is 3. The van der Waals surface area contributed by atoms with Gasteiger partial charge in [0.05, 0.1) is 49.7 Å². The average molecular weight is 1780 g/mol. The van der Waals surface area contributed by atoms with Gasteiger partial charge in [-0.2, -0.15) is 0 Å². The van der Waals surface area contributed by atoms with Crippen molar-refractivity contribution >= 4 is 115 Å². The molecule has 0 N–H and O–H groups in total. The van der Waals surface area contributed by atoms with Crippen molar-refractivity contribution in [2.24, 2.45) is 0 Å². The highest BCUT2D eigenvalue weighted by Gasteiger charge is 2.33. The Balaban J connectivity index is 0.000000184. The first-order chi connectivity index (χ1) is 67.1. The smallest absolute Gasteiger partial charge is 0.146 e. The van der Waals surface area contributed by atoms with Gasteiger partial charge in [0.2, 0.25) is 0 Å². The topological polar surface area (TPSA) is 51.9 Å². The minimum atomic E-state index is 0.964. The third-order valence-electron chi connectivity index (χ3n) is 24.6. The molecule has 6 aliphatic rings. The van der Waals surface area contributed by atoms with Crippen molar-refractivity contribution in [3.63, 3.8) is 0 Å². The quantitative estimate of drug-likeness (QED) is 0.142. The number of rotatable bonds is 0. The van der Waals surface area contributed by atoms with Gasteiger partial charge in [-0.1, -0.05) is 438 Å². The Hall–Kier alpha value is -13.3. The Bertz CT molecular complexity index is 7610. The van der Waals surface area contributed by atoms with Crippen LogP contribution in [-0.4, -0.2) is 28.2 Å². The van der Waals surface area contributed by atoms with E-state index < -0.39 is 0 Å². The van der Waals surface area contributed by atoms with Crippen LogP contribution in [0.1, 0.15) is 274 Å². The van der Waals surface area contributed by atoms with E-state index in [-0.39, 0.29) is 0 Å². The molecular weight excluding hydrogens is 1630 g/mol. The molecule has 0 saturated carbocycles. The number of para-hydroxylation sites is 6. The van der Waals surface area contributed by atoms with Crippen LogP contribution >= 0.6 is 0 Å². The molecule has 6 nitrogen and oxygen atoms in total. The lowest BCUT2D eigenvalue weighted by atomic mass is 9.93. The van der Waals surface area contributed by atoms with Gasteiger partial charge in [-0.25, -0.2) is 15.0 Å². The minimum absolute atomic E-state index is 0.964. The summed E-state index contributed by atoms with van der Waals surface area (Å²) in [5.74, 6) is 0. The van der Waals surface area contributed by atoms with Crippen LogP contribution in [0.15, 0.2) is 291 Å². The van der Waals surface area contributed by atoms with Gasteiger partial charge in [0.15, 0.2) is 0 Å². The van der Waals surface area contributed by atoms with Crippen molar-refractivity contribution in [2.45, 2.75) is 246 Å². The second kappa shape index (κ2) is 49.1. The summed E-state index contributed by atoms with van der Waals surface area (Å²) >= 11 is 0. The van der Waals surface area contributed by atoms with Crippen molar-refractivity contribution in [3.05, 3.63) is 358 Å². The molecule has 0 bridgehead atoms. The molecule has 0 amide bonds. The van der Waals surface area contributed by atoms with E-state index in [2.05, 4.69) is 304 Å². The average Bonchev–Trinajstić information content (AvgIpc) is 1.56. The van der Waals surface area contributed by atoms with E-state index in [1.165, 1.54) is 215 Å². The van der Waals surface area contributed by atoms with Crippen LogP contribution in [0.2, 0.25) is 0 Å². The molecular formula is C129H150N6. The van der Waals surface area contributed by atoms with E-state index in [0.29, 0.717) is 0 Å². The lowest BCUT2D eigenvalue weighted by Crippen LogP contribution is -1.98. The molecule has 0 unspecified atom stereocenters. The zero-order chi connectivity index (χ0) is 98.0. The van der Waals surface area contributed by atoms with E-state index in [1.54, 1.807) is 0 Å². The monoisotopic (exact) mass is 1780 g/mol. The highest BCUT2D eigenvalue weighted by atomic mass is 15.0. The Morgan fingerprint density at radius 1 is 0.170 bits per heavy atom. The summed E-state index contributed by atoms with van der Waals surface area (Å²) in [5, 5.41) is 11.7. The summed E-state index contributed by atoms with van der Waals surface area (Å²) in [4.78, 5) is 15.6. The second-order valence-corrected chi connectivity index (χ2v) is 29.8. The highest BCUT2D eigenvalue weighted by Crippen LogP contribution is 2.53. The van der Waals surface area contributed by atoms with Crippen LogP contribution in [-0.2, 0) is 38.5 Å². The third kappa shape index (κ3) is 18.1. The van der Waals surface area contributed by atoms with Crippen LogP contribution in [0.5, 0.6) is 0 Å². The van der Waals surface area contributed by atoms with Gasteiger partial charge in [-0.3, -0.25) is 13.2 Å². The number of benzene rings is 15. The summed E-state index contributed by atoms with van der Waals surface area (Å²) in [6, 6.07) is 107. The lowest BCUT2D eigenvalue weighted by molar-refractivity contribution is 1.23. The predicted octanol–water partition coefficient (Wildman–Crippen LogP) is 39.2. The third-order valence-corrected chi connectivity index (χ3v) is 24.6. The van der Waals surface area contributed by atoms with Gasteiger partial charge < -0.3 is 0 Å². The molecule has 135 heavy (non-hydrogen) atoms. The summed E-state index contributed by atoms with van der Waals surface area (Å²) in [7, 11) is 0.